The molecule has 0 aliphatic heterocycles. The van der Waals surface area contributed by atoms with Crippen LogP contribution < -0.4 is 0 Å². The average molecular weight is 215 g/mol. The normalized spacial score (nSPS) is 25.1. The summed E-state index contributed by atoms with van der Waals surface area (Å²) in [5, 5.41) is 9.31. The Morgan fingerprint density at radius 1 is 1.38 bits per heavy atom. The third kappa shape index (κ3) is 1.58. The maximum atomic E-state index is 12.0. The lowest BCUT2D eigenvalue weighted by Gasteiger charge is -2.28. The number of carbonyl (C=O) groups is 1. The van der Waals surface area contributed by atoms with Crippen molar-refractivity contribution in [3.63, 3.8) is 0 Å². The topological polar surface area (TPSA) is 66.6 Å². The fourth-order valence-corrected chi connectivity index (χ4v) is 2.13. The molecule has 1 unspecified atom stereocenters. The molecule has 16 heavy (non-hydrogen) atoms. The third-order valence-corrected chi connectivity index (χ3v) is 3.15. The summed E-state index contributed by atoms with van der Waals surface area (Å²) in [7, 11) is 0. The molecule has 4 heteroatoms. The minimum Gasteiger partial charge on any atom is -0.298 e. The number of rotatable bonds is 1. The van der Waals surface area contributed by atoms with E-state index < -0.39 is 5.41 Å². The van der Waals surface area contributed by atoms with E-state index in [2.05, 4.69) is 16.0 Å². The van der Waals surface area contributed by atoms with Crippen molar-refractivity contribution in [2.24, 2.45) is 0 Å². The van der Waals surface area contributed by atoms with Crippen LogP contribution in [0.4, 0.5) is 0 Å². The Morgan fingerprint density at radius 3 is 2.62 bits per heavy atom. The van der Waals surface area contributed by atoms with Crippen molar-refractivity contribution in [3.05, 3.63) is 23.8 Å². The molecule has 82 valence electrons. The summed E-state index contributed by atoms with van der Waals surface area (Å²) in [5.41, 5.74) is -0.350. The van der Waals surface area contributed by atoms with Crippen molar-refractivity contribution in [3.8, 4) is 6.07 Å². The van der Waals surface area contributed by atoms with Gasteiger partial charge in [0.1, 0.15) is 11.2 Å². The molecule has 1 heterocycles. The lowest BCUT2D eigenvalue weighted by Crippen LogP contribution is -2.37. The van der Waals surface area contributed by atoms with Crippen molar-refractivity contribution in [1.82, 2.24) is 9.97 Å². The Labute approximate surface area is 94.3 Å². The number of carbonyl (C=O) groups excluding carboxylic acids is 1. The summed E-state index contributed by atoms with van der Waals surface area (Å²) in [6, 6.07) is 2.17. The molecule has 1 aromatic rings. The van der Waals surface area contributed by atoms with Crippen LogP contribution in [0, 0.1) is 18.3 Å². The number of aryl methyl sites for hydroxylation is 1. The molecule has 0 N–H and O–H groups in total. The Kier molecular flexibility index (Phi) is 2.69. The fourth-order valence-electron chi connectivity index (χ4n) is 2.13. The number of nitrogens with zero attached hydrogens (tertiary/aromatic N) is 3. The number of hydrogen-bond acceptors (Lipinski definition) is 4. The standard InChI is InChI=1S/C12H13N3O/c1-9-14-6-10(7-15-9)12(8-13)5-3-2-4-11(12)16/h6-7H,2-5H2,1H3. The number of hydrogen-bond donors (Lipinski definition) is 0. The van der Waals surface area contributed by atoms with Gasteiger partial charge in [-0.2, -0.15) is 5.26 Å². The smallest absolute Gasteiger partial charge is 0.157 e. The first-order chi connectivity index (χ1) is 7.69. The summed E-state index contributed by atoms with van der Waals surface area (Å²) >= 11 is 0. The van der Waals surface area contributed by atoms with Crippen LogP contribution in [0.2, 0.25) is 0 Å². The van der Waals surface area contributed by atoms with Gasteiger partial charge < -0.3 is 0 Å². The van der Waals surface area contributed by atoms with Crippen LogP contribution in [-0.2, 0) is 10.2 Å². The van der Waals surface area contributed by atoms with Gasteiger partial charge in [-0.05, 0) is 19.8 Å². The number of ketones is 1. The summed E-state index contributed by atoms with van der Waals surface area (Å²) in [6.45, 7) is 1.78. The van der Waals surface area contributed by atoms with Crippen molar-refractivity contribution in [1.29, 1.82) is 5.26 Å². The maximum Gasteiger partial charge on any atom is 0.157 e. The van der Waals surface area contributed by atoms with Gasteiger partial charge in [-0.15, -0.1) is 0 Å². The molecule has 0 aromatic carbocycles. The molecule has 0 amide bonds. The van der Waals surface area contributed by atoms with Gasteiger partial charge in [-0.1, -0.05) is 6.42 Å². The first-order valence-electron chi connectivity index (χ1n) is 5.43. The van der Waals surface area contributed by atoms with Crippen LogP contribution in [0.25, 0.3) is 0 Å². The lowest BCUT2D eigenvalue weighted by atomic mass is 9.70. The maximum absolute atomic E-state index is 12.0. The Bertz CT molecular complexity index is 446. The van der Waals surface area contributed by atoms with E-state index in [1.165, 1.54) is 0 Å². The first kappa shape index (κ1) is 10.7. The van der Waals surface area contributed by atoms with Crippen LogP contribution in [-0.4, -0.2) is 15.8 Å². The predicted octanol–water partition coefficient (Wildman–Crippen LogP) is 1.69. The SMILES string of the molecule is Cc1ncc(C2(C#N)CCCCC2=O)cn1. The van der Waals surface area contributed by atoms with Gasteiger partial charge >= 0.3 is 0 Å². The third-order valence-electron chi connectivity index (χ3n) is 3.15. The zero-order chi connectivity index (χ0) is 11.6. The monoisotopic (exact) mass is 215 g/mol. The summed E-state index contributed by atoms with van der Waals surface area (Å²) in [5.74, 6) is 0.661. The molecule has 0 radical (unpaired) electrons. The van der Waals surface area contributed by atoms with Crippen molar-refractivity contribution in [2.75, 3.05) is 0 Å². The number of nitriles is 1. The zero-order valence-corrected chi connectivity index (χ0v) is 9.23. The van der Waals surface area contributed by atoms with E-state index in [0.717, 1.165) is 12.8 Å². The molecule has 0 bridgehead atoms. The molecule has 1 saturated carbocycles. The molecule has 1 aromatic heterocycles. The van der Waals surface area contributed by atoms with Crippen LogP contribution in [0.15, 0.2) is 12.4 Å². The highest BCUT2D eigenvalue weighted by Crippen LogP contribution is 2.35. The Balaban J connectivity index is 2.45. The molecule has 4 nitrogen and oxygen atoms in total. The minimum absolute atomic E-state index is 0.00806. The van der Waals surface area contributed by atoms with E-state index >= 15 is 0 Å². The van der Waals surface area contributed by atoms with Gasteiger partial charge in [0.2, 0.25) is 0 Å². The molecule has 1 atom stereocenters. The van der Waals surface area contributed by atoms with Crippen LogP contribution in [0.3, 0.4) is 0 Å². The van der Waals surface area contributed by atoms with Gasteiger partial charge in [0.05, 0.1) is 6.07 Å². The quantitative estimate of drug-likeness (QED) is 0.715. The molecular formula is C12H13N3O. The number of Topliss-reactive ketones (excluding diaryl/α,β-unsaturated/α-hetero) is 1. The lowest BCUT2D eigenvalue weighted by molar-refractivity contribution is -0.124. The second-order valence-electron chi connectivity index (χ2n) is 4.17. The van der Waals surface area contributed by atoms with Gasteiger partial charge in [0, 0.05) is 24.4 Å². The average Bonchev–Trinajstić information content (AvgIpc) is 2.31. The van der Waals surface area contributed by atoms with E-state index in [1.807, 2.05) is 0 Å². The minimum atomic E-state index is -0.994. The van der Waals surface area contributed by atoms with Crippen molar-refractivity contribution < 1.29 is 4.79 Å². The molecular weight excluding hydrogens is 202 g/mol. The van der Waals surface area contributed by atoms with Crippen molar-refractivity contribution in [2.45, 2.75) is 38.0 Å². The molecule has 1 aliphatic rings. The van der Waals surface area contributed by atoms with E-state index in [1.54, 1.807) is 19.3 Å². The largest absolute Gasteiger partial charge is 0.298 e. The van der Waals surface area contributed by atoms with Gasteiger partial charge in [-0.25, -0.2) is 9.97 Å². The van der Waals surface area contributed by atoms with E-state index in [0.29, 0.717) is 24.2 Å². The molecule has 1 fully saturated rings. The van der Waals surface area contributed by atoms with Gasteiger partial charge in [0.15, 0.2) is 5.78 Å². The number of aromatic nitrogens is 2. The van der Waals surface area contributed by atoms with E-state index in [-0.39, 0.29) is 5.78 Å². The van der Waals surface area contributed by atoms with Crippen LogP contribution in [0.5, 0.6) is 0 Å². The van der Waals surface area contributed by atoms with Crippen LogP contribution >= 0.6 is 0 Å². The second kappa shape index (κ2) is 4.01. The van der Waals surface area contributed by atoms with Gasteiger partial charge in [-0.3, -0.25) is 4.79 Å². The predicted molar refractivity (Wildman–Crippen MR) is 57.5 cm³/mol. The summed E-state index contributed by atoms with van der Waals surface area (Å²) in [4.78, 5) is 20.1. The molecule has 0 spiro atoms. The highest BCUT2D eigenvalue weighted by molar-refractivity contribution is 5.93. The highest BCUT2D eigenvalue weighted by atomic mass is 16.1. The fraction of sp³-hybridized carbons (Fsp3) is 0.500. The molecule has 1 aliphatic carbocycles. The summed E-state index contributed by atoms with van der Waals surface area (Å²) < 4.78 is 0. The Hall–Kier alpha value is -1.76. The van der Waals surface area contributed by atoms with E-state index in [4.69, 9.17) is 0 Å². The zero-order valence-electron chi connectivity index (χ0n) is 9.23. The first-order valence-corrected chi connectivity index (χ1v) is 5.43. The molecule has 0 saturated heterocycles. The highest BCUT2D eigenvalue weighted by Gasteiger charge is 2.42. The van der Waals surface area contributed by atoms with Crippen molar-refractivity contribution >= 4 is 5.78 Å². The van der Waals surface area contributed by atoms with Crippen LogP contribution in [0.1, 0.15) is 37.1 Å². The molecule has 2 rings (SSSR count). The van der Waals surface area contributed by atoms with E-state index in [9.17, 15) is 10.1 Å². The van der Waals surface area contributed by atoms with Gasteiger partial charge in [0.25, 0.3) is 0 Å². The Morgan fingerprint density at radius 2 is 2.06 bits per heavy atom. The second-order valence-corrected chi connectivity index (χ2v) is 4.17. The summed E-state index contributed by atoms with van der Waals surface area (Å²) in [6.07, 6.45) is 6.09.